The Morgan fingerprint density at radius 1 is 1.73 bits per heavy atom. The van der Waals surface area contributed by atoms with E-state index in [0.29, 0.717) is 18.7 Å². The van der Waals surface area contributed by atoms with E-state index in [2.05, 4.69) is 4.98 Å². The van der Waals surface area contributed by atoms with Crippen molar-refractivity contribution in [1.29, 1.82) is 0 Å². The van der Waals surface area contributed by atoms with Crippen molar-refractivity contribution in [2.24, 2.45) is 0 Å². The van der Waals surface area contributed by atoms with E-state index in [0.717, 1.165) is 5.01 Å². The van der Waals surface area contributed by atoms with E-state index in [1.54, 1.807) is 12.3 Å². The molecule has 0 amide bonds. The van der Waals surface area contributed by atoms with Crippen molar-refractivity contribution >= 4 is 17.3 Å². The predicted molar refractivity (Wildman–Crippen MR) is 58.2 cm³/mol. The molecule has 1 unspecified atom stereocenters. The molecule has 84 valence electrons. The van der Waals surface area contributed by atoms with Gasteiger partial charge in [0.25, 0.3) is 0 Å². The molecule has 1 aromatic heterocycles. The van der Waals surface area contributed by atoms with Crippen molar-refractivity contribution in [2.45, 2.75) is 26.2 Å². The molecule has 0 bridgehead atoms. The summed E-state index contributed by atoms with van der Waals surface area (Å²) in [5, 5.41) is 11.3. The van der Waals surface area contributed by atoms with Crippen LogP contribution in [0, 0.1) is 0 Å². The number of ether oxygens (including phenoxy) is 1. The van der Waals surface area contributed by atoms with Gasteiger partial charge in [0.15, 0.2) is 5.69 Å². The monoisotopic (exact) mass is 229 g/mol. The van der Waals surface area contributed by atoms with E-state index in [9.17, 15) is 4.79 Å². The highest BCUT2D eigenvalue weighted by Gasteiger charge is 2.14. The maximum absolute atomic E-state index is 11.3. The van der Waals surface area contributed by atoms with Gasteiger partial charge in [0.2, 0.25) is 0 Å². The summed E-state index contributed by atoms with van der Waals surface area (Å²) in [6, 6.07) is 0. The molecule has 1 rings (SSSR count). The molecule has 4 nitrogen and oxygen atoms in total. The zero-order chi connectivity index (χ0) is 11.3. The molecule has 1 aromatic rings. The SMILES string of the molecule is CCOC(=O)c1csc(C(C)CCO)n1. The first-order valence-electron chi connectivity index (χ1n) is 4.92. The Bertz CT molecular complexity index is 324. The number of carbonyl (C=O) groups excluding carboxylic acids is 1. The van der Waals surface area contributed by atoms with Gasteiger partial charge in [-0.2, -0.15) is 0 Å². The lowest BCUT2D eigenvalue weighted by Gasteiger charge is -2.04. The maximum Gasteiger partial charge on any atom is 0.357 e. The van der Waals surface area contributed by atoms with Crippen molar-refractivity contribution in [1.82, 2.24) is 4.98 Å². The van der Waals surface area contributed by atoms with E-state index in [1.165, 1.54) is 11.3 Å². The van der Waals surface area contributed by atoms with Crippen molar-refractivity contribution < 1.29 is 14.6 Å². The van der Waals surface area contributed by atoms with E-state index in [-0.39, 0.29) is 18.5 Å². The van der Waals surface area contributed by atoms with Crippen LogP contribution >= 0.6 is 11.3 Å². The normalized spacial score (nSPS) is 12.5. The zero-order valence-corrected chi connectivity index (χ0v) is 9.71. The first-order valence-corrected chi connectivity index (χ1v) is 5.80. The van der Waals surface area contributed by atoms with Gasteiger partial charge in [-0.1, -0.05) is 6.92 Å². The Morgan fingerprint density at radius 2 is 2.47 bits per heavy atom. The van der Waals surface area contributed by atoms with Gasteiger partial charge in [0.05, 0.1) is 11.6 Å². The second-order valence-corrected chi connectivity index (χ2v) is 4.09. The third-order valence-corrected chi connectivity index (χ3v) is 3.07. The number of thiazole rings is 1. The highest BCUT2D eigenvalue weighted by atomic mass is 32.1. The summed E-state index contributed by atoms with van der Waals surface area (Å²) in [7, 11) is 0. The fourth-order valence-electron chi connectivity index (χ4n) is 1.13. The fraction of sp³-hybridized carbons (Fsp3) is 0.600. The summed E-state index contributed by atoms with van der Waals surface area (Å²) >= 11 is 1.43. The summed E-state index contributed by atoms with van der Waals surface area (Å²) in [4.78, 5) is 15.5. The quantitative estimate of drug-likeness (QED) is 0.782. The minimum atomic E-state index is -0.379. The summed E-state index contributed by atoms with van der Waals surface area (Å²) in [5.74, 6) is -0.195. The lowest BCUT2D eigenvalue weighted by molar-refractivity contribution is 0.0520. The van der Waals surface area contributed by atoms with Gasteiger partial charge in [-0.3, -0.25) is 0 Å². The average molecular weight is 229 g/mol. The van der Waals surface area contributed by atoms with Crippen LogP contribution in [0.2, 0.25) is 0 Å². The molecule has 0 spiro atoms. The second-order valence-electron chi connectivity index (χ2n) is 3.20. The lowest BCUT2D eigenvalue weighted by Crippen LogP contribution is -2.05. The third kappa shape index (κ3) is 3.28. The highest BCUT2D eigenvalue weighted by molar-refractivity contribution is 7.09. The molecule has 1 atom stereocenters. The molecule has 15 heavy (non-hydrogen) atoms. The van der Waals surface area contributed by atoms with Gasteiger partial charge < -0.3 is 9.84 Å². The Balaban J connectivity index is 2.67. The Labute approximate surface area is 92.9 Å². The van der Waals surface area contributed by atoms with Crippen LogP contribution in [0.4, 0.5) is 0 Å². The number of aromatic nitrogens is 1. The van der Waals surface area contributed by atoms with Gasteiger partial charge in [-0.25, -0.2) is 9.78 Å². The molecule has 5 heteroatoms. The van der Waals surface area contributed by atoms with Crippen LogP contribution < -0.4 is 0 Å². The molecule has 0 fully saturated rings. The van der Waals surface area contributed by atoms with Crippen molar-refractivity contribution in [3.8, 4) is 0 Å². The number of carbonyl (C=O) groups is 1. The third-order valence-electron chi connectivity index (χ3n) is 1.99. The molecule has 0 aromatic carbocycles. The minimum Gasteiger partial charge on any atom is -0.461 e. The van der Waals surface area contributed by atoms with Crippen LogP contribution in [-0.4, -0.2) is 29.3 Å². The lowest BCUT2D eigenvalue weighted by atomic mass is 10.1. The summed E-state index contributed by atoms with van der Waals surface area (Å²) in [6.45, 7) is 4.23. The van der Waals surface area contributed by atoms with E-state index >= 15 is 0 Å². The Morgan fingerprint density at radius 3 is 3.07 bits per heavy atom. The van der Waals surface area contributed by atoms with E-state index in [4.69, 9.17) is 9.84 Å². The molecule has 0 aliphatic carbocycles. The molecule has 0 saturated heterocycles. The van der Waals surface area contributed by atoms with Gasteiger partial charge in [0, 0.05) is 17.9 Å². The van der Waals surface area contributed by atoms with Gasteiger partial charge in [0.1, 0.15) is 0 Å². The molecular weight excluding hydrogens is 214 g/mol. The molecule has 1 N–H and O–H groups in total. The number of rotatable bonds is 5. The maximum atomic E-state index is 11.3. The smallest absolute Gasteiger partial charge is 0.357 e. The summed E-state index contributed by atoms with van der Waals surface area (Å²) < 4.78 is 4.84. The molecule has 0 aliphatic heterocycles. The van der Waals surface area contributed by atoms with Crippen molar-refractivity contribution in [3.63, 3.8) is 0 Å². The van der Waals surface area contributed by atoms with Crippen molar-refractivity contribution in [3.05, 3.63) is 16.1 Å². The fourth-order valence-corrected chi connectivity index (χ4v) is 2.01. The largest absolute Gasteiger partial charge is 0.461 e. The minimum absolute atomic E-state index is 0.134. The van der Waals surface area contributed by atoms with Crippen LogP contribution in [-0.2, 0) is 4.74 Å². The van der Waals surface area contributed by atoms with Crippen molar-refractivity contribution in [2.75, 3.05) is 13.2 Å². The zero-order valence-electron chi connectivity index (χ0n) is 8.90. The van der Waals surface area contributed by atoms with Crippen LogP contribution in [0.3, 0.4) is 0 Å². The molecule has 0 radical (unpaired) electrons. The first-order chi connectivity index (χ1) is 7.19. The topological polar surface area (TPSA) is 59.4 Å². The molecule has 0 saturated carbocycles. The molecule has 0 aliphatic rings. The van der Waals surface area contributed by atoms with Crippen LogP contribution in [0.15, 0.2) is 5.38 Å². The highest BCUT2D eigenvalue weighted by Crippen LogP contribution is 2.22. The number of aliphatic hydroxyl groups is 1. The number of nitrogens with zero attached hydrogens (tertiary/aromatic N) is 1. The number of aliphatic hydroxyl groups excluding tert-OH is 1. The number of esters is 1. The van der Waals surface area contributed by atoms with Crippen LogP contribution in [0.25, 0.3) is 0 Å². The Hall–Kier alpha value is -0.940. The van der Waals surface area contributed by atoms with Crippen LogP contribution in [0.5, 0.6) is 0 Å². The summed E-state index contributed by atoms with van der Waals surface area (Å²) in [5.41, 5.74) is 0.363. The second kappa shape index (κ2) is 5.82. The first kappa shape index (κ1) is 12.1. The van der Waals surface area contributed by atoms with Crippen LogP contribution in [0.1, 0.15) is 41.7 Å². The average Bonchev–Trinajstić information content (AvgIpc) is 2.67. The summed E-state index contributed by atoms with van der Waals surface area (Å²) in [6.07, 6.45) is 0.662. The van der Waals surface area contributed by atoms with Gasteiger partial charge in [-0.15, -0.1) is 11.3 Å². The van der Waals surface area contributed by atoms with Gasteiger partial charge in [-0.05, 0) is 13.3 Å². The number of hydrogen-bond donors (Lipinski definition) is 1. The standard InChI is InChI=1S/C10H15NO3S/c1-3-14-10(13)8-6-15-9(11-8)7(2)4-5-12/h6-7,12H,3-5H2,1-2H3. The number of hydrogen-bond acceptors (Lipinski definition) is 5. The van der Waals surface area contributed by atoms with E-state index in [1.807, 2.05) is 6.92 Å². The van der Waals surface area contributed by atoms with Gasteiger partial charge >= 0.3 is 5.97 Å². The molecule has 1 heterocycles. The molecular formula is C10H15NO3S. The predicted octanol–water partition coefficient (Wildman–Crippen LogP) is 1.81. The Kier molecular flexibility index (Phi) is 4.71. The van der Waals surface area contributed by atoms with E-state index < -0.39 is 0 Å².